The predicted octanol–water partition coefficient (Wildman–Crippen LogP) is 1.32. The van der Waals surface area contributed by atoms with Crippen molar-refractivity contribution in [1.82, 2.24) is 25.1 Å². The number of nitrogens with one attached hydrogen (secondary N) is 1. The first-order valence-electron chi connectivity index (χ1n) is 6.95. The van der Waals surface area contributed by atoms with E-state index in [0.717, 1.165) is 12.8 Å². The maximum Gasteiger partial charge on any atom is 0.326 e. The molecule has 1 saturated heterocycles. The van der Waals surface area contributed by atoms with Gasteiger partial charge >= 0.3 is 5.97 Å². The first kappa shape index (κ1) is 14.6. The summed E-state index contributed by atoms with van der Waals surface area (Å²) in [4.78, 5) is 34.3. The maximum atomic E-state index is 12.7. The Labute approximate surface area is 130 Å². The molecule has 0 bridgehead atoms. The number of hydrogen-bond donors (Lipinski definition) is 2. The summed E-state index contributed by atoms with van der Waals surface area (Å²) in [5.41, 5.74) is 0.580. The van der Waals surface area contributed by atoms with Crippen LogP contribution < -0.4 is 0 Å². The average molecular weight is 321 g/mol. The van der Waals surface area contributed by atoms with E-state index in [1.807, 2.05) is 0 Å². The lowest BCUT2D eigenvalue weighted by molar-refractivity contribution is -0.143. The van der Waals surface area contributed by atoms with Crippen molar-refractivity contribution in [3.05, 3.63) is 16.9 Å². The molecular formula is C13H15N5O3S. The van der Waals surface area contributed by atoms with Crippen LogP contribution in [0.15, 0.2) is 6.33 Å². The highest BCUT2D eigenvalue weighted by molar-refractivity contribution is 7.17. The third kappa shape index (κ3) is 2.59. The molecule has 1 aliphatic heterocycles. The summed E-state index contributed by atoms with van der Waals surface area (Å²) in [7, 11) is 0. The molecule has 1 aliphatic rings. The van der Waals surface area contributed by atoms with Crippen LogP contribution in [0.5, 0.6) is 0 Å². The molecule has 2 N–H and O–H groups in total. The standard InChI is InChI=1S/C13H15N5O3S/c1-7-9(22-11(16-7)10-14-6-15-17-10)12(19)18-5-3-2-4-8(18)13(20)21/h6,8H,2-5H2,1H3,(H,20,21)(H,14,15,17)/t8-/m0/s1. The molecule has 1 fully saturated rings. The molecule has 0 radical (unpaired) electrons. The van der Waals surface area contributed by atoms with Gasteiger partial charge < -0.3 is 10.0 Å². The zero-order chi connectivity index (χ0) is 15.7. The number of nitrogens with zero attached hydrogens (tertiary/aromatic N) is 4. The van der Waals surface area contributed by atoms with E-state index in [4.69, 9.17) is 0 Å². The number of carboxylic acids is 1. The molecular weight excluding hydrogens is 306 g/mol. The Balaban J connectivity index is 1.90. The molecule has 116 valence electrons. The fraction of sp³-hybridized carbons (Fsp3) is 0.462. The lowest BCUT2D eigenvalue weighted by Crippen LogP contribution is -2.47. The molecule has 1 amide bonds. The Kier molecular flexibility index (Phi) is 3.88. The van der Waals surface area contributed by atoms with E-state index in [0.29, 0.717) is 34.4 Å². The van der Waals surface area contributed by atoms with Crippen molar-refractivity contribution in [2.24, 2.45) is 0 Å². The number of piperidine rings is 1. The molecule has 0 aliphatic carbocycles. The minimum atomic E-state index is -0.953. The first-order valence-corrected chi connectivity index (χ1v) is 7.76. The smallest absolute Gasteiger partial charge is 0.326 e. The van der Waals surface area contributed by atoms with Gasteiger partial charge in [-0.05, 0) is 26.2 Å². The number of amides is 1. The van der Waals surface area contributed by atoms with Crippen molar-refractivity contribution < 1.29 is 14.7 Å². The highest BCUT2D eigenvalue weighted by Crippen LogP contribution is 2.28. The van der Waals surface area contributed by atoms with Crippen molar-refractivity contribution in [2.45, 2.75) is 32.2 Å². The van der Waals surface area contributed by atoms with Crippen LogP contribution in [0, 0.1) is 6.92 Å². The molecule has 2 aromatic heterocycles. The van der Waals surface area contributed by atoms with Crippen LogP contribution in [0.3, 0.4) is 0 Å². The Morgan fingerprint density at radius 3 is 2.95 bits per heavy atom. The predicted molar refractivity (Wildman–Crippen MR) is 78.5 cm³/mol. The average Bonchev–Trinajstić information content (AvgIpc) is 3.15. The van der Waals surface area contributed by atoms with Crippen molar-refractivity contribution in [3.8, 4) is 10.8 Å². The van der Waals surface area contributed by atoms with Gasteiger partial charge in [0.1, 0.15) is 17.2 Å². The molecule has 3 heterocycles. The number of aromatic nitrogens is 4. The minimum Gasteiger partial charge on any atom is -0.480 e. The van der Waals surface area contributed by atoms with E-state index >= 15 is 0 Å². The van der Waals surface area contributed by atoms with Crippen molar-refractivity contribution in [1.29, 1.82) is 0 Å². The van der Waals surface area contributed by atoms with Gasteiger partial charge in [-0.3, -0.25) is 9.89 Å². The van der Waals surface area contributed by atoms with Crippen LogP contribution in [0.4, 0.5) is 0 Å². The summed E-state index contributed by atoms with van der Waals surface area (Å²) in [6.07, 6.45) is 3.51. The van der Waals surface area contributed by atoms with Gasteiger partial charge in [-0.25, -0.2) is 14.8 Å². The topological polar surface area (TPSA) is 112 Å². The van der Waals surface area contributed by atoms with Crippen LogP contribution in [0.2, 0.25) is 0 Å². The van der Waals surface area contributed by atoms with Crippen LogP contribution in [0.25, 0.3) is 10.8 Å². The molecule has 0 spiro atoms. The Morgan fingerprint density at radius 2 is 2.27 bits per heavy atom. The number of rotatable bonds is 3. The van der Waals surface area contributed by atoms with Gasteiger partial charge in [0.05, 0.1) is 5.69 Å². The fourth-order valence-electron chi connectivity index (χ4n) is 2.57. The summed E-state index contributed by atoms with van der Waals surface area (Å²) in [5, 5.41) is 16.3. The number of carboxylic acid groups (broad SMARTS) is 1. The molecule has 0 saturated carbocycles. The number of carbonyl (C=O) groups excluding carboxylic acids is 1. The lowest BCUT2D eigenvalue weighted by Gasteiger charge is -2.32. The van der Waals surface area contributed by atoms with E-state index < -0.39 is 12.0 Å². The monoisotopic (exact) mass is 321 g/mol. The summed E-state index contributed by atoms with van der Waals surface area (Å²) in [6, 6.07) is -0.753. The van der Waals surface area contributed by atoms with E-state index in [1.165, 1.54) is 22.6 Å². The van der Waals surface area contributed by atoms with E-state index in [1.54, 1.807) is 6.92 Å². The number of carbonyl (C=O) groups is 2. The zero-order valence-corrected chi connectivity index (χ0v) is 12.8. The lowest BCUT2D eigenvalue weighted by atomic mass is 10.0. The number of aryl methyl sites for hydroxylation is 1. The Bertz CT molecular complexity index is 697. The number of hydrogen-bond acceptors (Lipinski definition) is 6. The molecule has 0 unspecified atom stereocenters. The normalized spacial score (nSPS) is 18.4. The molecule has 3 rings (SSSR count). The quantitative estimate of drug-likeness (QED) is 0.881. The first-order chi connectivity index (χ1) is 10.6. The molecule has 0 aromatic carbocycles. The van der Waals surface area contributed by atoms with Crippen molar-refractivity contribution in [2.75, 3.05) is 6.54 Å². The fourth-order valence-corrected chi connectivity index (χ4v) is 3.54. The number of H-pyrrole nitrogens is 1. The second kappa shape index (κ2) is 5.84. The zero-order valence-electron chi connectivity index (χ0n) is 11.9. The highest BCUT2D eigenvalue weighted by Gasteiger charge is 2.34. The number of aromatic amines is 1. The van der Waals surface area contributed by atoms with Crippen LogP contribution in [-0.2, 0) is 4.79 Å². The van der Waals surface area contributed by atoms with Crippen LogP contribution in [-0.4, -0.2) is 54.6 Å². The Hall–Kier alpha value is -2.29. The van der Waals surface area contributed by atoms with Crippen LogP contribution in [0.1, 0.15) is 34.6 Å². The summed E-state index contributed by atoms with van der Waals surface area (Å²) in [5.74, 6) is -0.723. The highest BCUT2D eigenvalue weighted by atomic mass is 32.1. The van der Waals surface area contributed by atoms with Gasteiger partial charge in [0, 0.05) is 6.54 Å². The number of likely N-dealkylation sites (tertiary alicyclic amines) is 1. The van der Waals surface area contributed by atoms with E-state index in [-0.39, 0.29) is 5.91 Å². The van der Waals surface area contributed by atoms with Gasteiger partial charge in [0.15, 0.2) is 10.8 Å². The SMILES string of the molecule is Cc1nc(-c2ncn[nH]2)sc1C(=O)N1CCCC[C@H]1C(=O)O. The molecule has 8 nitrogen and oxygen atoms in total. The van der Waals surface area contributed by atoms with Gasteiger partial charge in [0.25, 0.3) is 5.91 Å². The van der Waals surface area contributed by atoms with Gasteiger partial charge in [0.2, 0.25) is 0 Å². The second-order valence-corrected chi connectivity index (χ2v) is 6.12. The summed E-state index contributed by atoms with van der Waals surface area (Å²) in [6.45, 7) is 2.20. The molecule has 1 atom stereocenters. The molecule has 22 heavy (non-hydrogen) atoms. The largest absolute Gasteiger partial charge is 0.480 e. The molecule has 9 heteroatoms. The summed E-state index contributed by atoms with van der Waals surface area (Å²) >= 11 is 1.20. The van der Waals surface area contributed by atoms with Crippen molar-refractivity contribution >= 4 is 23.2 Å². The van der Waals surface area contributed by atoms with Gasteiger partial charge in [-0.15, -0.1) is 11.3 Å². The third-order valence-corrected chi connectivity index (χ3v) is 4.81. The van der Waals surface area contributed by atoms with E-state index in [2.05, 4.69) is 20.2 Å². The Morgan fingerprint density at radius 1 is 1.45 bits per heavy atom. The molecule has 2 aromatic rings. The maximum absolute atomic E-state index is 12.7. The number of thiazole rings is 1. The number of aliphatic carboxylic acids is 1. The second-order valence-electron chi connectivity index (χ2n) is 5.12. The van der Waals surface area contributed by atoms with Gasteiger partial charge in [-0.1, -0.05) is 0 Å². The summed E-state index contributed by atoms with van der Waals surface area (Å²) < 4.78 is 0. The van der Waals surface area contributed by atoms with Crippen molar-refractivity contribution in [3.63, 3.8) is 0 Å². The minimum absolute atomic E-state index is 0.270. The van der Waals surface area contributed by atoms with E-state index in [9.17, 15) is 14.7 Å². The van der Waals surface area contributed by atoms with Gasteiger partial charge in [-0.2, -0.15) is 5.10 Å². The third-order valence-electron chi connectivity index (χ3n) is 3.66. The van der Waals surface area contributed by atoms with Crippen LogP contribution >= 0.6 is 11.3 Å².